The van der Waals surface area contributed by atoms with Crippen molar-refractivity contribution in [2.75, 3.05) is 5.73 Å². The van der Waals surface area contributed by atoms with Gasteiger partial charge in [-0.25, -0.2) is 9.97 Å². The van der Waals surface area contributed by atoms with E-state index >= 15 is 0 Å². The molecule has 0 aliphatic rings. The lowest BCUT2D eigenvalue weighted by atomic mass is 10.1. The van der Waals surface area contributed by atoms with E-state index in [2.05, 4.69) is 34.0 Å². The van der Waals surface area contributed by atoms with E-state index in [4.69, 9.17) is 5.73 Å². The molecule has 0 radical (unpaired) electrons. The number of nitrogen functional groups attached to an aromatic ring is 1. The summed E-state index contributed by atoms with van der Waals surface area (Å²) in [4.78, 5) is 8.40. The van der Waals surface area contributed by atoms with Crippen LogP contribution in [0.5, 0.6) is 0 Å². The van der Waals surface area contributed by atoms with Crippen LogP contribution in [0.3, 0.4) is 0 Å². The first kappa shape index (κ1) is 12.9. The summed E-state index contributed by atoms with van der Waals surface area (Å²) in [6, 6.07) is 5.79. The quantitative estimate of drug-likeness (QED) is 0.744. The third-order valence-corrected chi connectivity index (χ3v) is 3.91. The van der Waals surface area contributed by atoms with Crippen LogP contribution in [0.15, 0.2) is 40.9 Å². The first-order valence-corrected chi connectivity index (χ1v) is 7.06. The van der Waals surface area contributed by atoms with Crippen LogP contribution in [0, 0.1) is 0 Å². The Bertz CT molecular complexity index is 751. The van der Waals surface area contributed by atoms with E-state index in [9.17, 15) is 0 Å². The fourth-order valence-electron chi connectivity index (χ4n) is 1.99. The summed E-state index contributed by atoms with van der Waals surface area (Å²) in [5, 5.41) is 9.91. The molecule has 0 aliphatic carbocycles. The highest BCUT2D eigenvalue weighted by Gasteiger charge is 2.16. The normalized spacial score (nSPS) is 11.3. The van der Waals surface area contributed by atoms with E-state index in [0.717, 1.165) is 21.4 Å². The van der Waals surface area contributed by atoms with Gasteiger partial charge in [-0.1, -0.05) is 19.9 Å². The molecule has 3 aromatic rings. The predicted octanol–water partition coefficient (Wildman–Crippen LogP) is 2.38. The average molecular weight is 286 g/mol. The van der Waals surface area contributed by atoms with Crippen molar-refractivity contribution in [2.45, 2.75) is 29.9 Å². The van der Waals surface area contributed by atoms with Crippen molar-refractivity contribution in [1.29, 1.82) is 0 Å². The number of fused-ring (bicyclic) bond motifs is 1. The van der Waals surface area contributed by atoms with Crippen LogP contribution in [-0.4, -0.2) is 24.6 Å². The van der Waals surface area contributed by atoms with Crippen molar-refractivity contribution < 1.29 is 0 Å². The number of nitrogens with zero attached hydrogens (tertiary/aromatic N) is 5. The Morgan fingerprint density at radius 2 is 2.05 bits per heavy atom. The molecule has 0 saturated carbocycles. The van der Waals surface area contributed by atoms with Crippen LogP contribution in [0.2, 0.25) is 0 Å². The number of anilines is 1. The summed E-state index contributed by atoms with van der Waals surface area (Å²) in [6.07, 6.45) is 3.41. The average Bonchev–Trinajstić information content (AvgIpc) is 2.82. The minimum absolute atomic E-state index is 0.248. The van der Waals surface area contributed by atoms with Crippen molar-refractivity contribution in [3.63, 3.8) is 0 Å². The molecule has 2 N–H and O–H groups in total. The van der Waals surface area contributed by atoms with Gasteiger partial charge in [0.2, 0.25) is 5.16 Å². The monoisotopic (exact) mass is 286 g/mol. The first-order chi connectivity index (χ1) is 9.66. The van der Waals surface area contributed by atoms with Gasteiger partial charge in [-0.15, -0.1) is 10.2 Å². The van der Waals surface area contributed by atoms with Crippen molar-refractivity contribution in [3.05, 3.63) is 36.3 Å². The molecule has 0 spiro atoms. The molecule has 3 heterocycles. The Morgan fingerprint density at radius 1 is 1.20 bits per heavy atom. The molecule has 0 amide bonds. The maximum Gasteiger partial charge on any atom is 0.201 e. The zero-order valence-electron chi connectivity index (χ0n) is 11.2. The van der Waals surface area contributed by atoms with E-state index in [-0.39, 0.29) is 5.92 Å². The van der Waals surface area contributed by atoms with Crippen molar-refractivity contribution in [1.82, 2.24) is 24.6 Å². The summed E-state index contributed by atoms with van der Waals surface area (Å²) in [5.41, 5.74) is 7.71. The minimum atomic E-state index is 0.248. The summed E-state index contributed by atoms with van der Waals surface area (Å²) in [5.74, 6) is 0.768. The second-order valence-electron chi connectivity index (χ2n) is 4.65. The Labute approximate surface area is 120 Å². The van der Waals surface area contributed by atoms with Gasteiger partial charge in [-0.05, 0) is 29.8 Å². The van der Waals surface area contributed by atoms with Crippen LogP contribution in [0.4, 0.5) is 5.82 Å². The standard InChI is InChI=1S/C13H14N6S/c1-8(2)10-11(14)15-7-16-12(10)20-13-18-17-9-5-3-4-6-19(9)13/h3-8H,1-2H3,(H2,14,15,16). The highest BCUT2D eigenvalue weighted by molar-refractivity contribution is 7.99. The molecular weight excluding hydrogens is 272 g/mol. The van der Waals surface area contributed by atoms with E-state index in [0.29, 0.717) is 5.82 Å². The molecule has 3 aromatic heterocycles. The number of hydrogen-bond donors (Lipinski definition) is 1. The largest absolute Gasteiger partial charge is 0.383 e. The number of hydrogen-bond acceptors (Lipinski definition) is 6. The number of nitrogens with two attached hydrogens (primary N) is 1. The van der Waals surface area contributed by atoms with E-state index in [1.165, 1.54) is 18.1 Å². The second kappa shape index (κ2) is 5.09. The third-order valence-electron chi connectivity index (χ3n) is 2.93. The van der Waals surface area contributed by atoms with E-state index in [1.807, 2.05) is 28.8 Å². The van der Waals surface area contributed by atoms with Crippen molar-refractivity contribution >= 4 is 23.2 Å². The van der Waals surface area contributed by atoms with Gasteiger partial charge in [0, 0.05) is 11.8 Å². The molecule has 0 unspecified atom stereocenters. The Hall–Kier alpha value is -2.15. The molecule has 0 aliphatic heterocycles. The summed E-state index contributed by atoms with van der Waals surface area (Å²) in [7, 11) is 0. The second-order valence-corrected chi connectivity index (χ2v) is 5.60. The molecule has 0 bridgehead atoms. The SMILES string of the molecule is CC(C)c1c(N)ncnc1Sc1nnc2ccccn12. The lowest BCUT2D eigenvalue weighted by Crippen LogP contribution is -2.03. The number of rotatable bonds is 3. The molecule has 6 nitrogen and oxygen atoms in total. The van der Waals surface area contributed by atoms with Crippen LogP contribution >= 0.6 is 11.8 Å². The number of aromatic nitrogens is 5. The fraction of sp³-hybridized carbons (Fsp3) is 0.231. The highest BCUT2D eigenvalue weighted by atomic mass is 32.2. The summed E-state index contributed by atoms with van der Waals surface area (Å²) < 4.78 is 1.92. The molecule has 3 rings (SSSR count). The molecule has 0 atom stereocenters. The van der Waals surface area contributed by atoms with E-state index < -0.39 is 0 Å². The third kappa shape index (κ3) is 2.20. The van der Waals surface area contributed by atoms with Gasteiger partial charge in [0.1, 0.15) is 17.2 Å². The smallest absolute Gasteiger partial charge is 0.201 e. The van der Waals surface area contributed by atoms with Gasteiger partial charge in [-0.3, -0.25) is 4.40 Å². The van der Waals surface area contributed by atoms with E-state index in [1.54, 1.807) is 0 Å². The molecule has 20 heavy (non-hydrogen) atoms. The Kier molecular flexibility index (Phi) is 3.27. The zero-order chi connectivity index (χ0) is 14.1. The van der Waals surface area contributed by atoms with Crippen LogP contribution in [0.25, 0.3) is 5.65 Å². The molecular formula is C13H14N6S. The summed E-state index contributed by atoms with van der Waals surface area (Å²) >= 11 is 1.45. The zero-order valence-corrected chi connectivity index (χ0v) is 12.0. The molecule has 0 fully saturated rings. The lowest BCUT2D eigenvalue weighted by molar-refractivity contribution is 0.805. The van der Waals surface area contributed by atoms with Gasteiger partial charge < -0.3 is 5.73 Å². The molecule has 0 saturated heterocycles. The van der Waals surface area contributed by atoms with Gasteiger partial charge in [-0.2, -0.15) is 0 Å². The Morgan fingerprint density at radius 3 is 2.85 bits per heavy atom. The van der Waals surface area contributed by atoms with Gasteiger partial charge in [0.15, 0.2) is 5.65 Å². The summed E-state index contributed by atoms with van der Waals surface area (Å²) in [6.45, 7) is 4.14. The fourth-order valence-corrected chi connectivity index (χ4v) is 3.05. The maximum absolute atomic E-state index is 5.96. The first-order valence-electron chi connectivity index (χ1n) is 6.25. The minimum Gasteiger partial charge on any atom is -0.383 e. The molecule has 0 aromatic carbocycles. The van der Waals surface area contributed by atoms with Crippen molar-refractivity contribution in [3.8, 4) is 0 Å². The van der Waals surface area contributed by atoms with Crippen LogP contribution in [0.1, 0.15) is 25.3 Å². The Balaban J connectivity index is 2.05. The highest BCUT2D eigenvalue weighted by Crippen LogP contribution is 2.33. The number of pyridine rings is 1. The molecule has 102 valence electrons. The topological polar surface area (TPSA) is 82.0 Å². The van der Waals surface area contributed by atoms with Gasteiger partial charge in [0.25, 0.3) is 0 Å². The predicted molar refractivity (Wildman–Crippen MR) is 77.6 cm³/mol. The van der Waals surface area contributed by atoms with Crippen LogP contribution < -0.4 is 5.73 Å². The van der Waals surface area contributed by atoms with Crippen molar-refractivity contribution in [2.24, 2.45) is 0 Å². The maximum atomic E-state index is 5.96. The molecule has 7 heteroatoms. The van der Waals surface area contributed by atoms with Gasteiger partial charge in [0.05, 0.1) is 0 Å². The van der Waals surface area contributed by atoms with Gasteiger partial charge >= 0.3 is 0 Å². The van der Waals surface area contributed by atoms with Crippen LogP contribution in [-0.2, 0) is 0 Å². The lowest BCUT2D eigenvalue weighted by Gasteiger charge is -2.11.